The average Bonchev–Trinajstić information content (AvgIpc) is 3.12. The van der Waals surface area contributed by atoms with E-state index in [-0.39, 0.29) is 34.8 Å². The highest BCUT2D eigenvalue weighted by Crippen LogP contribution is 2.19. The molecule has 0 aliphatic carbocycles. The molecule has 146 valence electrons. The molecule has 10 heteroatoms. The van der Waals surface area contributed by atoms with Gasteiger partial charge in [0.05, 0.1) is 11.3 Å². The van der Waals surface area contributed by atoms with Crippen LogP contribution in [0.1, 0.15) is 24.4 Å². The summed E-state index contributed by atoms with van der Waals surface area (Å²) in [6.07, 6.45) is 0.0359. The van der Waals surface area contributed by atoms with Crippen molar-refractivity contribution in [1.82, 2.24) is 15.5 Å². The van der Waals surface area contributed by atoms with Crippen LogP contribution in [0.15, 0.2) is 57.9 Å². The van der Waals surface area contributed by atoms with E-state index in [1.54, 1.807) is 6.92 Å². The number of nitrogens with two attached hydrogens (primary N) is 1. The fraction of sp³-hybridized carbons (Fsp3) is 0.167. The lowest BCUT2D eigenvalue weighted by molar-refractivity contribution is -0.121. The summed E-state index contributed by atoms with van der Waals surface area (Å²) >= 11 is 0. The fourth-order valence-corrected chi connectivity index (χ4v) is 2.98. The predicted molar refractivity (Wildman–Crippen MR) is 97.8 cm³/mol. The van der Waals surface area contributed by atoms with Crippen molar-refractivity contribution in [2.45, 2.75) is 24.3 Å². The average molecular weight is 404 g/mol. The van der Waals surface area contributed by atoms with Gasteiger partial charge in [0, 0.05) is 5.56 Å². The van der Waals surface area contributed by atoms with Gasteiger partial charge in [0.15, 0.2) is 0 Å². The Kier molecular flexibility index (Phi) is 5.52. The van der Waals surface area contributed by atoms with Crippen molar-refractivity contribution in [2.75, 3.05) is 0 Å². The molecule has 0 aliphatic heterocycles. The summed E-state index contributed by atoms with van der Waals surface area (Å²) in [5, 5.41) is 11.6. The molecule has 1 unspecified atom stereocenters. The van der Waals surface area contributed by atoms with Gasteiger partial charge in [0.1, 0.15) is 11.9 Å². The highest BCUT2D eigenvalue weighted by atomic mass is 32.2. The Morgan fingerprint density at radius 1 is 1.18 bits per heavy atom. The summed E-state index contributed by atoms with van der Waals surface area (Å²) in [6.45, 7) is 1.68. The smallest absolute Gasteiger partial charge is 0.249 e. The zero-order chi connectivity index (χ0) is 20.3. The van der Waals surface area contributed by atoms with Crippen LogP contribution in [0.4, 0.5) is 4.39 Å². The number of aromatic nitrogens is 2. The molecule has 1 atom stereocenters. The molecule has 0 bridgehead atoms. The van der Waals surface area contributed by atoms with Crippen LogP contribution in [0, 0.1) is 5.82 Å². The molecule has 3 N–H and O–H groups in total. The van der Waals surface area contributed by atoms with Crippen LogP contribution in [-0.2, 0) is 21.2 Å². The number of hydrogen-bond acceptors (Lipinski definition) is 6. The molecule has 1 amide bonds. The Balaban J connectivity index is 1.62. The Morgan fingerprint density at radius 3 is 2.43 bits per heavy atom. The molecule has 28 heavy (non-hydrogen) atoms. The number of halogens is 1. The summed E-state index contributed by atoms with van der Waals surface area (Å²) in [6, 6.07) is 10.8. The molecule has 3 aromatic rings. The molecule has 0 saturated carbocycles. The molecule has 0 spiro atoms. The summed E-state index contributed by atoms with van der Waals surface area (Å²) in [5.41, 5.74) is 1.21. The minimum absolute atomic E-state index is 0.0239. The Bertz CT molecular complexity index is 1080. The monoisotopic (exact) mass is 404 g/mol. The van der Waals surface area contributed by atoms with E-state index in [4.69, 9.17) is 9.66 Å². The molecule has 1 heterocycles. The molecular weight excluding hydrogens is 387 g/mol. The van der Waals surface area contributed by atoms with E-state index < -0.39 is 16.1 Å². The van der Waals surface area contributed by atoms with Gasteiger partial charge in [-0.2, -0.15) is 4.98 Å². The summed E-state index contributed by atoms with van der Waals surface area (Å²) in [5.74, 6) is -0.186. The second-order valence-electron chi connectivity index (χ2n) is 6.12. The lowest BCUT2D eigenvalue weighted by Gasteiger charge is -2.10. The van der Waals surface area contributed by atoms with Crippen LogP contribution >= 0.6 is 0 Å². The van der Waals surface area contributed by atoms with Gasteiger partial charge in [0.2, 0.25) is 27.6 Å². The van der Waals surface area contributed by atoms with Gasteiger partial charge in [-0.1, -0.05) is 17.3 Å². The van der Waals surface area contributed by atoms with Crippen molar-refractivity contribution in [2.24, 2.45) is 5.14 Å². The third kappa shape index (κ3) is 4.78. The van der Waals surface area contributed by atoms with Gasteiger partial charge in [-0.25, -0.2) is 17.9 Å². The maximum atomic E-state index is 13.0. The van der Waals surface area contributed by atoms with Gasteiger partial charge < -0.3 is 9.84 Å². The summed E-state index contributed by atoms with van der Waals surface area (Å²) in [7, 11) is -3.78. The number of sulfonamides is 1. The van der Waals surface area contributed by atoms with E-state index in [1.165, 1.54) is 48.5 Å². The van der Waals surface area contributed by atoms with Crippen LogP contribution in [0.5, 0.6) is 0 Å². The number of nitrogens with zero attached hydrogens (tertiary/aromatic N) is 2. The third-order valence-corrected chi connectivity index (χ3v) is 4.84. The van der Waals surface area contributed by atoms with Gasteiger partial charge in [0.25, 0.3) is 0 Å². The molecule has 8 nitrogen and oxygen atoms in total. The Hall–Kier alpha value is -3.11. The van der Waals surface area contributed by atoms with E-state index in [0.29, 0.717) is 11.1 Å². The van der Waals surface area contributed by atoms with E-state index >= 15 is 0 Å². The van der Waals surface area contributed by atoms with Crippen LogP contribution in [0.25, 0.3) is 11.4 Å². The van der Waals surface area contributed by atoms with Crippen LogP contribution in [-0.4, -0.2) is 24.5 Å². The highest BCUT2D eigenvalue weighted by molar-refractivity contribution is 7.89. The first-order valence-corrected chi connectivity index (χ1v) is 9.77. The molecule has 0 saturated heterocycles. The van der Waals surface area contributed by atoms with Crippen molar-refractivity contribution < 1.29 is 22.1 Å². The minimum atomic E-state index is -3.78. The second kappa shape index (κ2) is 7.87. The maximum Gasteiger partial charge on any atom is 0.249 e. The minimum Gasteiger partial charge on any atom is -0.344 e. The fourth-order valence-electron chi connectivity index (χ4n) is 2.46. The van der Waals surface area contributed by atoms with Gasteiger partial charge in [-0.05, 0) is 48.9 Å². The van der Waals surface area contributed by atoms with Crippen molar-refractivity contribution >= 4 is 15.9 Å². The van der Waals surface area contributed by atoms with Crippen molar-refractivity contribution in [3.05, 3.63) is 65.8 Å². The first-order chi connectivity index (χ1) is 13.2. The van der Waals surface area contributed by atoms with Crippen LogP contribution < -0.4 is 10.5 Å². The number of carbonyl (C=O) groups is 1. The lowest BCUT2D eigenvalue weighted by Crippen LogP contribution is -2.28. The SMILES string of the molecule is CC(NC(=O)Cc1ccc(S(N)(=O)=O)cc1)c1nc(-c2ccc(F)cc2)no1. The van der Waals surface area contributed by atoms with Crippen molar-refractivity contribution in [3.8, 4) is 11.4 Å². The Labute approximate surface area is 160 Å². The molecule has 0 radical (unpaired) electrons. The first-order valence-electron chi connectivity index (χ1n) is 8.23. The van der Waals surface area contributed by atoms with Crippen molar-refractivity contribution in [3.63, 3.8) is 0 Å². The van der Waals surface area contributed by atoms with Gasteiger partial charge in [-0.15, -0.1) is 0 Å². The Morgan fingerprint density at radius 2 is 1.82 bits per heavy atom. The number of rotatable bonds is 6. The molecular formula is C18H17FN4O4S. The lowest BCUT2D eigenvalue weighted by atomic mass is 10.1. The van der Waals surface area contributed by atoms with Gasteiger partial charge >= 0.3 is 0 Å². The van der Waals surface area contributed by atoms with Crippen molar-refractivity contribution in [1.29, 1.82) is 0 Å². The predicted octanol–water partition coefficient (Wildman–Crippen LogP) is 1.94. The number of nitrogens with one attached hydrogen (secondary N) is 1. The standard InChI is InChI=1S/C18H17FN4O4S/c1-11(18-22-17(23-27-18)13-4-6-14(19)7-5-13)21-16(24)10-12-2-8-15(9-3-12)28(20,25)26/h2-9,11H,10H2,1H3,(H,21,24)(H2,20,25,26). The normalized spacial score (nSPS) is 12.5. The molecule has 0 aliphatic rings. The molecule has 0 fully saturated rings. The molecule has 3 rings (SSSR count). The second-order valence-corrected chi connectivity index (χ2v) is 7.68. The number of hydrogen-bond donors (Lipinski definition) is 2. The van der Waals surface area contributed by atoms with Gasteiger partial charge in [-0.3, -0.25) is 4.79 Å². The van der Waals surface area contributed by atoms with E-state index in [9.17, 15) is 17.6 Å². The first kappa shape index (κ1) is 19.6. The third-order valence-electron chi connectivity index (χ3n) is 3.91. The largest absolute Gasteiger partial charge is 0.344 e. The zero-order valence-corrected chi connectivity index (χ0v) is 15.6. The molecule has 1 aromatic heterocycles. The van der Waals surface area contributed by atoms with Crippen LogP contribution in [0.2, 0.25) is 0 Å². The van der Waals surface area contributed by atoms with E-state index in [1.807, 2.05) is 0 Å². The number of carbonyl (C=O) groups excluding carboxylic acids is 1. The molecule has 2 aromatic carbocycles. The topological polar surface area (TPSA) is 128 Å². The number of primary sulfonamides is 1. The maximum absolute atomic E-state index is 13.0. The zero-order valence-electron chi connectivity index (χ0n) is 14.8. The summed E-state index contributed by atoms with van der Waals surface area (Å²) < 4.78 is 40.6. The number of benzene rings is 2. The van der Waals surface area contributed by atoms with Crippen LogP contribution in [0.3, 0.4) is 0 Å². The van der Waals surface area contributed by atoms with E-state index in [0.717, 1.165) is 0 Å². The number of amides is 1. The summed E-state index contributed by atoms with van der Waals surface area (Å²) in [4.78, 5) is 16.4. The van der Waals surface area contributed by atoms with E-state index in [2.05, 4.69) is 15.5 Å². The quantitative estimate of drug-likeness (QED) is 0.646. The highest BCUT2D eigenvalue weighted by Gasteiger charge is 2.18.